The van der Waals surface area contributed by atoms with Crippen molar-refractivity contribution in [2.75, 3.05) is 11.9 Å². The van der Waals surface area contributed by atoms with Gasteiger partial charge in [-0.1, -0.05) is 11.6 Å². The summed E-state index contributed by atoms with van der Waals surface area (Å²) in [4.78, 5) is 24.8. The largest absolute Gasteiger partial charge is 0.468 e. The van der Waals surface area contributed by atoms with Gasteiger partial charge < -0.3 is 9.73 Å². The number of nitrogens with zero attached hydrogens (tertiary/aromatic N) is 2. The maximum absolute atomic E-state index is 12.3. The number of nitrogens with one attached hydrogen (secondary N) is 1. The fourth-order valence-corrected chi connectivity index (χ4v) is 2.66. The summed E-state index contributed by atoms with van der Waals surface area (Å²) in [6, 6.07) is 8.17. The summed E-state index contributed by atoms with van der Waals surface area (Å²) in [6.45, 7) is 0.680. The van der Waals surface area contributed by atoms with Gasteiger partial charge in [-0.05, 0) is 37.1 Å². The Morgan fingerprint density at radius 3 is 2.83 bits per heavy atom. The topological polar surface area (TPSA) is 88.6 Å². The minimum atomic E-state index is -0.566. The van der Waals surface area contributed by atoms with Crippen LogP contribution in [0, 0.1) is 10.1 Å². The van der Waals surface area contributed by atoms with Gasteiger partial charge in [0, 0.05) is 17.1 Å². The molecule has 1 saturated carbocycles. The van der Waals surface area contributed by atoms with E-state index in [9.17, 15) is 14.9 Å². The molecule has 0 aliphatic heterocycles. The van der Waals surface area contributed by atoms with Gasteiger partial charge in [0.25, 0.3) is 5.69 Å². The first-order valence-corrected chi connectivity index (χ1v) is 7.91. The normalized spacial score (nSPS) is 13.9. The Bertz CT molecular complexity index is 744. The van der Waals surface area contributed by atoms with Gasteiger partial charge in [0.15, 0.2) is 0 Å². The highest BCUT2D eigenvalue weighted by Crippen LogP contribution is 2.30. The second-order valence-electron chi connectivity index (χ2n) is 5.68. The van der Waals surface area contributed by atoms with Gasteiger partial charge in [-0.3, -0.25) is 19.8 Å². The van der Waals surface area contributed by atoms with Crippen molar-refractivity contribution >= 4 is 28.9 Å². The van der Waals surface area contributed by atoms with Crippen LogP contribution in [0.3, 0.4) is 0 Å². The summed E-state index contributed by atoms with van der Waals surface area (Å²) in [6.07, 6.45) is 3.67. The van der Waals surface area contributed by atoms with Crippen LogP contribution in [0.1, 0.15) is 18.6 Å². The van der Waals surface area contributed by atoms with E-state index in [0.29, 0.717) is 12.6 Å². The quantitative estimate of drug-likeness (QED) is 0.611. The van der Waals surface area contributed by atoms with Crippen molar-refractivity contribution in [1.29, 1.82) is 0 Å². The highest BCUT2D eigenvalue weighted by Gasteiger charge is 2.31. The molecule has 1 aromatic carbocycles. The number of furan rings is 1. The lowest BCUT2D eigenvalue weighted by Crippen LogP contribution is -2.34. The number of hydrogen-bond acceptors (Lipinski definition) is 5. The van der Waals surface area contributed by atoms with Crippen LogP contribution in [0.5, 0.6) is 0 Å². The molecule has 3 rings (SSSR count). The second-order valence-corrected chi connectivity index (χ2v) is 6.12. The molecule has 2 aromatic rings. The average molecular weight is 350 g/mol. The zero-order valence-electron chi connectivity index (χ0n) is 12.8. The lowest BCUT2D eigenvalue weighted by Gasteiger charge is -2.20. The van der Waals surface area contributed by atoms with Crippen molar-refractivity contribution in [3.05, 3.63) is 57.5 Å². The first-order valence-electron chi connectivity index (χ1n) is 7.53. The molecule has 1 heterocycles. The van der Waals surface area contributed by atoms with Crippen molar-refractivity contribution in [2.45, 2.75) is 25.4 Å². The Kier molecular flexibility index (Phi) is 4.82. The number of halogens is 1. The first kappa shape index (κ1) is 16.5. The van der Waals surface area contributed by atoms with Gasteiger partial charge in [0.05, 0.1) is 24.3 Å². The lowest BCUT2D eigenvalue weighted by molar-refractivity contribution is -0.383. The maximum Gasteiger partial charge on any atom is 0.294 e. The Morgan fingerprint density at radius 2 is 2.21 bits per heavy atom. The molecule has 1 aliphatic rings. The molecule has 0 unspecified atom stereocenters. The van der Waals surface area contributed by atoms with Gasteiger partial charge >= 0.3 is 0 Å². The van der Waals surface area contributed by atoms with Crippen LogP contribution in [-0.4, -0.2) is 28.3 Å². The third-order valence-electron chi connectivity index (χ3n) is 3.78. The summed E-state index contributed by atoms with van der Waals surface area (Å²) in [5.74, 6) is 0.478. The number of carbonyl (C=O) groups is 1. The number of hydrogen-bond donors (Lipinski definition) is 1. The van der Waals surface area contributed by atoms with E-state index in [-0.39, 0.29) is 28.8 Å². The number of nitro groups is 1. The summed E-state index contributed by atoms with van der Waals surface area (Å²) in [5, 5.41) is 13.9. The van der Waals surface area contributed by atoms with E-state index >= 15 is 0 Å². The predicted octanol–water partition coefficient (Wildman–Crippen LogP) is 3.44. The molecule has 0 radical (unpaired) electrons. The van der Waals surface area contributed by atoms with Crippen molar-refractivity contribution in [3.8, 4) is 0 Å². The first-order chi connectivity index (χ1) is 11.5. The van der Waals surface area contributed by atoms with Crippen molar-refractivity contribution in [3.63, 3.8) is 0 Å². The molecule has 0 saturated heterocycles. The molecule has 1 aromatic heterocycles. The third-order valence-corrected chi connectivity index (χ3v) is 4.01. The van der Waals surface area contributed by atoms with Crippen LogP contribution < -0.4 is 5.32 Å². The van der Waals surface area contributed by atoms with Gasteiger partial charge in [-0.25, -0.2) is 0 Å². The molecular formula is C16H16ClN3O4. The Balaban J connectivity index is 1.67. The fraction of sp³-hybridized carbons (Fsp3) is 0.312. The van der Waals surface area contributed by atoms with Crippen molar-refractivity contribution in [2.24, 2.45) is 0 Å². The molecule has 1 N–H and O–H groups in total. The molecule has 24 heavy (non-hydrogen) atoms. The number of carbonyl (C=O) groups excluding carboxylic acids is 1. The zero-order chi connectivity index (χ0) is 17.1. The van der Waals surface area contributed by atoms with Crippen molar-refractivity contribution in [1.82, 2.24) is 4.90 Å². The molecule has 126 valence electrons. The molecule has 7 nitrogen and oxygen atoms in total. The summed E-state index contributed by atoms with van der Waals surface area (Å²) in [7, 11) is 0. The molecule has 1 amide bonds. The van der Waals surface area contributed by atoms with Crippen LogP contribution in [0.4, 0.5) is 11.4 Å². The molecule has 0 spiro atoms. The predicted molar refractivity (Wildman–Crippen MR) is 88.9 cm³/mol. The fourth-order valence-electron chi connectivity index (χ4n) is 2.49. The number of rotatable bonds is 7. The second kappa shape index (κ2) is 7.02. The van der Waals surface area contributed by atoms with E-state index in [1.54, 1.807) is 12.3 Å². The molecular weight excluding hydrogens is 334 g/mol. The van der Waals surface area contributed by atoms with Crippen LogP contribution >= 0.6 is 11.6 Å². The van der Waals surface area contributed by atoms with E-state index in [1.807, 2.05) is 11.0 Å². The summed E-state index contributed by atoms with van der Waals surface area (Å²) >= 11 is 5.78. The number of nitro benzene ring substituents is 1. The number of anilines is 1. The molecule has 1 aliphatic carbocycles. The van der Waals surface area contributed by atoms with E-state index < -0.39 is 4.92 Å². The maximum atomic E-state index is 12.3. The monoisotopic (exact) mass is 349 g/mol. The highest BCUT2D eigenvalue weighted by atomic mass is 35.5. The lowest BCUT2D eigenvalue weighted by atomic mass is 10.2. The standard InChI is InChI=1S/C16H16ClN3O4/c17-11-3-6-14(15(8-11)20(22)23)18-16(21)10-19(12-4-5-12)9-13-2-1-7-24-13/h1-3,6-8,12H,4-5,9-10H2,(H,18,21). The minimum absolute atomic E-state index is 0.142. The van der Waals surface area contributed by atoms with Crippen LogP contribution in [-0.2, 0) is 11.3 Å². The minimum Gasteiger partial charge on any atom is -0.468 e. The third kappa shape index (κ3) is 4.12. The smallest absolute Gasteiger partial charge is 0.294 e. The Labute approximate surface area is 143 Å². The average Bonchev–Trinajstić information content (AvgIpc) is 3.26. The highest BCUT2D eigenvalue weighted by molar-refractivity contribution is 6.31. The van der Waals surface area contributed by atoms with Gasteiger partial charge in [-0.2, -0.15) is 0 Å². The molecule has 1 fully saturated rings. The number of amides is 1. The van der Waals surface area contributed by atoms with E-state index in [4.69, 9.17) is 16.0 Å². The van der Waals surface area contributed by atoms with E-state index in [1.165, 1.54) is 18.2 Å². The SMILES string of the molecule is O=C(CN(Cc1ccco1)C1CC1)Nc1ccc(Cl)cc1[N+](=O)[O-]. The van der Waals surface area contributed by atoms with Gasteiger partial charge in [-0.15, -0.1) is 0 Å². The zero-order valence-corrected chi connectivity index (χ0v) is 13.5. The molecule has 0 atom stereocenters. The van der Waals surface area contributed by atoms with Crippen LogP contribution in [0.2, 0.25) is 5.02 Å². The molecule has 0 bridgehead atoms. The Hall–Kier alpha value is -2.38. The summed E-state index contributed by atoms with van der Waals surface area (Å²) in [5.41, 5.74) is -0.0806. The van der Waals surface area contributed by atoms with E-state index in [2.05, 4.69) is 5.32 Å². The van der Waals surface area contributed by atoms with Crippen LogP contribution in [0.15, 0.2) is 41.0 Å². The Morgan fingerprint density at radius 1 is 1.42 bits per heavy atom. The van der Waals surface area contributed by atoms with Crippen molar-refractivity contribution < 1.29 is 14.1 Å². The van der Waals surface area contributed by atoms with Crippen LogP contribution in [0.25, 0.3) is 0 Å². The molecule has 8 heteroatoms. The summed E-state index contributed by atoms with van der Waals surface area (Å²) < 4.78 is 5.33. The number of benzene rings is 1. The van der Waals surface area contributed by atoms with Gasteiger partial charge in [0.2, 0.25) is 5.91 Å². The van der Waals surface area contributed by atoms with E-state index in [0.717, 1.165) is 18.6 Å². The van der Waals surface area contributed by atoms with Gasteiger partial charge in [0.1, 0.15) is 11.4 Å².